The molecule has 5 N–H and O–H groups in total. The van der Waals surface area contributed by atoms with Crippen LogP contribution in [0.15, 0.2) is 47.3 Å². The first-order chi connectivity index (χ1) is 17.2. The summed E-state index contributed by atoms with van der Waals surface area (Å²) in [6.45, 7) is 2.83. The van der Waals surface area contributed by atoms with Gasteiger partial charge in [0.1, 0.15) is 6.04 Å². The molecular weight excluding hydrogens is 464 g/mol. The fourth-order valence-electron chi connectivity index (χ4n) is 4.44. The van der Waals surface area contributed by atoms with E-state index in [4.69, 9.17) is 0 Å². The fraction of sp³-hybridized carbons (Fsp3) is 0.360. The number of fused-ring (bicyclic) bond motifs is 2. The lowest BCUT2D eigenvalue weighted by atomic mass is 10.0. The van der Waals surface area contributed by atoms with Gasteiger partial charge in [0.05, 0.1) is 11.0 Å². The molecular formula is C25H30N6O5. The molecule has 1 aliphatic rings. The van der Waals surface area contributed by atoms with Crippen molar-refractivity contribution in [2.75, 3.05) is 18.9 Å². The number of aliphatic carboxylic acids is 1. The molecule has 0 saturated carbocycles. The van der Waals surface area contributed by atoms with Crippen molar-refractivity contribution in [3.8, 4) is 0 Å². The minimum Gasteiger partial charge on any atom is -0.480 e. The molecule has 1 unspecified atom stereocenters. The van der Waals surface area contributed by atoms with Crippen molar-refractivity contribution >= 4 is 34.8 Å². The Hall–Kier alpha value is -4.28. The predicted octanol–water partition coefficient (Wildman–Crippen LogP) is 2.71. The number of H-pyrrole nitrogens is 2. The molecule has 2 heterocycles. The first-order valence-corrected chi connectivity index (χ1v) is 11.9. The van der Waals surface area contributed by atoms with Gasteiger partial charge in [-0.1, -0.05) is 31.2 Å². The number of carbonyl (C=O) groups is 3. The summed E-state index contributed by atoms with van der Waals surface area (Å²) in [7, 11) is 1.60. The number of para-hydroxylation sites is 1. The molecule has 1 aliphatic heterocycles. The molecule has 0 saturated heterocycles. The molecule has 4 amide bonds. The number of benzene rings is 2. The van der Waals surface area contributed by atoms with E-state index in [0.29, 0.717) is 42.5 Å². The maximum absolute atomic E-state index is 12.8. The van der Waals surface area contributed by atoms with Gasteiger partial charge in [0.2, 0.25) is 0 Å². The Labute approximate surface area is 207 Å². The van der Waals surface area contributed by atoms with E-state index in [1.54, 1.807) is 30.1 Å². The van der Waals surface area contributed by atoms with Crippen LogP contribution < -0.4 is 16.3 Å². The summed E-state index contributed by atoms with van der Waals surface area (Å²) in [4.78, 5) is 57.2. The second-order valence-corrected chi connectivity index (χ2v) is 8.99. The van der Waals surface area contributed by atoms with Crippen molar-refractivity contribution < 1.29 is 19.5 Å². The summed E-state index contributed by atoms with van der Waals surface area (Å²) in [6.07, 6.45) is 1.32. The number of nitrogens with zero attached hydrogens (tertiary/aromatic N) is 2. The molecule has 11 nitrogen and oxygen atoms in total. The Balaban J connectivity index is 1.35. The summed E-state index contributed by atoms with van der Waals surface area (Å²) in [5.41, 5.74) is 3.36. The predicted molar refractivity (Wildman–Crippen MR) is 135 cm³/mol. The number of nitrogens with one attached hydrogen (secondary N) is 4. The number of aromatic amines is 2. The lowest BCUT2D eigenvalue weighted by molar-refractivity contribution is -0.139. The number of carboxylic acid groups (broad SMARTS) is 1. The van der Waals surface area contributed by atoms with Crippen LogP contribution >= 0.6 is 0 Å². The number of amides is 4. The van der Waals surface area contributed by atoms with Gasteiger partial charge in [0, 0.05) is 38.3 Å². The van der Waals surface area contributed by atoms with Crippen LogP contribution in [0, 0.1) is 0 Å². The van der Waals surface area contributed by atoms with Crippen LogP contribution in [-0.2, 0) is 17.8 Å². The molecule has 0 fully saturated rings. The Morgan fingerprint density at radius 1 is 1.14 bits per heavy atom. The largest absolute Gasteiger partial charge is 0.480 e. The highest BCUT2D eigenvalue weighted by molar-refractivity contribution is 5.92. The van der Waals surface area contributed by atoms with E-state index in [9.17, 15) is 24.3 Å². The van der Waals surface area contributed by atoms with E-state index in [1.165, 1.54) is 4.90 Å². The highest BCUT2D eigenvalue weighted by Gasteiger charge is 2.29. The number of carboxylic acids is 1. The van der Waals surface area contributed by atoms with Crippen LogP contribution in [0.4, 0.5) is 15.3 Å². The summed E-state index contributed by atoms with van der Waals surface area (Å²) < 4.78 is 0. The number of hydrogen-bond donors (Lipinski definition) is 5. The number of hydrogen-bond acceptors (Lipinski definition) is 4. The van der Waals surface area contributed by atoms with Crippen molar-refractivity contribution in [1.82, 2.24) is 25.1 Å². The second kappa shape index (κ2) is 10.5. The van der Waals surface area contributed by atoms with Gasteiger partial charge in [-0.05, 0) is 42.2 Å². The van der Waals surface area contributed by atoms with Crippen molar-refractivity contribution in [2.45, 2.75) is 44.8 Å². The molecule has 36 heavy (non-hydrogen) atoms. The van der Waals surface area contributed by atoms with Crippen LogP contribution in [0.5, 0.6) is 0 Å². The van der Waals surface area contributed by atoms with Crippen LogP contribution in [0.2, 0.25) is 0 Å². The van der Waals surface area contributed by atoms with Crippen molar-refractivity contribution in [3.05, 3.63) is 64.1 Å². The monoisotopic (exact) mass is 494 g/mol. The average Bonchev–Trinajstić information content (AvgIpc) is 3.23. The fourth-order valence-corrected chi connectivity index (χ4v) is 4.44. The van der Waals surface area contributed by atoms with E-state index in [-0.39, 0.29) is 24.2 Å². The third kappa shape index (κ3) is 5.51. The standard InChI is InChI=1S/C25H30N6O5/c1-3-17(31-14-16-6-4-5-7-18(16)28-25(31)36)10-11-30(2)24(35)29-21(22(32)33)13-15-8-9-19-20(12-15)27-23(34)26-19/h4-9,12,17,21H,3,10-11,13-14H2,1-2H3,(H,28,36)(H,29,35)(H,32,33)(H2,26,27,34)/t17?,21-/m1/s1. The van der Waals surface area contributed by atoms with Crippen LogP contribution in [0.25, 0.3) is 11.0 Å². The van der Waals surface area contributed by atoms with E-state index in [2.05, 4.69) is 20.6 Å². The molecule has 0 aliphatic carbocycles. The smallest absolute Gasteiger partial charge is 0.326 e. The average molecular weight is 495 g/mol. The number of carbonyl (C=O) groups excluding carboxylic acids is 2. The van der Waals surface area contributed by atoms with Gasteiger partial charge in [-0.15, -0.1) is 0 Å². The van der Waals surface area contributed by atoms with E-state index in [0.717, 1.165) is 11.3 Å². The highest BCUT2D eigenvalue weighted by Crippen LogP contribution is 2.26. The van der Waals surface area contributed by atoms with Crippen LogP contribution in [0.3, 0.4) is 0 Å². The molecule has 1 aromatic heterocycles. The number of rotatable bonds is 9. The lowest BCUT2D eigenvalue weighted by Crippen LogP contribution is -2.49. The third-order valence-electron chi connectivity index (χ3n) is 6.53. The molecule has 0 radical (unpaired) electrons. The van der Waals surface area contributed by atoms with Crippen molar-refractivity contribution in [3.63, 3.8) is 0 Å². The zero-order chi connectivity index (χ0) is 25.8. The van der Waals surface area contributed by atoms with Gasteiger partial charge in [0.15, 0.2) is 0 Å². The Morgan fingerprint density at radius 3 is 2.64 bits per heavy atom. The van der Waals surface area contributed by atoms with E-state index >= 15 is 0 Å². The van der Waals surface area contributed by atoms with Crippen LogP contribution in [0.1, 0.15) is 30.9 Å². The molecule has 2 aromatic carbocycles. The second-order valence-electron chi connectivity index (χ2n) is 8.99. The Morgan fingerprint density at radius 2 is 1.89 bits per heavy atom. The van der Waals surface area contributed by atoms with Gasteiger partial charge in [-0.3, -0.25) is 0 Å². The highest BCUT2D eigenvalue weighted by atomic mass is 16.4. The summed E-state index contributed by atoms with van der Waals surface area (Å²) in [6, 6.07) is 10.8. The lowest BCUT2D eigenvalue weighted by Gasteiger charge is -2.36. The summed E-state index contributed by atoms with van der Waals surface area (Å²) >= 11 is 0. The Kier molecular flexibility index (Phi) is 7.28. The first-order valence-electron chi connectivity index (χ1n) is 11.9. The van der Waals surface area contributed by atoms with Crippen LogP contribution in [-0.4, -0.2) is 68.6 Å². The van der Waals surface area contributed by atoms with E-state index < -0.39 is 18.0 Å². The number of anilines is 1. The quantitative estimate of drug-likeness (QED) is 0.310. The van der Waals surface area contributed by atoms with Gasteiger partial charge in [0.25, 0.3) is 0 Å². The number of urea groups is 2. The number of imidazole rings is 1. The minimum atomic E-state index is -1.16. The van der Waals surface area contributed by atoms with Crippen molar-refractivity contribution in [2.24, 2.45) is 0 Å². The first kappa shape index (κ1) is 24.8. The van der Waals surface area contributed by atoms with Gasteiger partial charge < -0.3 is 35.5 Å². The molecule has 11 heteroatoms. The normalized spacial score (nSPS) is 14.6. The Bertz CT molecular complexity index is 1330. The molecule has 2 atom stereocenters. The van der Waals surface area contributed by atoms with Gasteiger partial charge in [-0.2, -0.15) is 0 Å². The molecule has 3 aromatic rings. The van der Waals surface area contributed by atoms with Gasteiger partial charge in [-0.25, -0.2) is 19.2 Å². The number of aromatic nitrogens is 2. The third-order valence-corrected chi connectivity index (χ3v) is 6.53. The molecule has 4 rings (SSSR count). The minimum absolute atomic E-state index is 0.0585. The van der Waals surface area contributed by atoms with E-state index in [1.807, 2.05) is 31.2 Å². The summed E-state index contributed by atoms with van der Waals surface area (Å²) in [5, 5.41) is 15.2. The molecule has 0 spiro atoms. The maximum atomic E-state index is 12.8. The SMILES string of the molecule is CCC(CCN(C)C(=O)N[C@H](Cc1ccc2[nH]c(=O)[nH]c2c1)C(=O)O)N1Cc2ccccc2NC1=O. The van der Waals surface area contributed by atoms with Gasteiger partial charge >= 0.3 is 23.7 Å². The zero-order valence-electron chi connectivity index (χ0n) is 20.2. The zero-order valence-corrected chi connectivity index (χ0v) is 20.2. The summed E-state index contributed by atoms with van der Waals surface area (Å²) in [5.74, 6) is -1.16. The molecule has 190 valence electrons. The van der Waals surface area contributed by atoms with Crippen molar-refractivity contribution in [1.29, 1.82) is 0 Å². The molecule has 0 bridgehead atoms. The maximum Gasteiger partial charge on any atom is 0.326 e. The topological polar surface area (TPSA) is 151 Å².